The second kappa shape index (κ2) is 37.0. The summed E-state index contributed by atoms with van der Waals surface area (Å²) in [6, 6.07) is 0. The first-order chi connectivity index (χ1) is 45.7. The highest BCUT2D eigenvalue weighted by molar-refractivity contribution is 9.26. The number of aliphatic hydroxyl groups is 1. The molecule has 0 amide bonds. The third kappa shape index (κ3) is 25.6. The normalized spacial score (nSPS) is 34.9. The molecule has 0 spiro atoms. The van der Waals surface area contributed by atoms with Crippen molar-refractivity contribution in [1.82, 2.24) is 0 Å². The quantitative estimate of drug-likeness (QED) is 0.0640. The molecule has 0 bridgehead atoms. The van der Waals surface area contributed by atoms with Crippen molar-refractivity contribution < 1.29 is 56.5 Å². The van der Waals surface area contributed by atoms with Crippen molar-refractivity contribution in [2.45, 2.75) is 343 Å². The van der Waals surface area contributed by atoms with Crippen LogP contribution in [0.3, 0.4) is 0 Å². The Morgan fingerprint density at radius 1 is 0.434 bits per heavy atom. The molecule has 9 rings (SSSR count). The predicted molar refractivity (Wildman–Crippen MR) is 424 cm³/mol. The van der Waals surface area contributed by atoms with Crippen molar-refractivity contribution in [2.24, 2.45) is 71.0 Å². The number of carbonyl (C=O) groups is 3. The number of carbonyl (C=O) groups excluding carboxylic acids is 3. The average molecular weight is 1520 g/mol. The van der Waals surface area contributed by atoms with Crippen molar-refractivity contribution in [2.75, 3.05) is 14.2 Å². The van der Waals surface area contributed by atoms with Crippen LogP contribution in [0.25, 0.3) is 0 Å². The highest BCUT2D eigenvalue weighted by atomic mass is 79.9. The van der Waals surface area contributed by atoms with Gasteiger partial charge in [0.05, 0.1) is 55.9 Å². The van der Waals surface area contributed by atoms with Crippen molar-refractivity contribution >= 4 is 64.8 Å². The molecule has 0 aromatic carbocycles. The van der Waals surface area contributed by atoms with Gasteiger partial charge >= 0.3 is 17.9 Å². The van der Waals surface area contributed by atoms with Gasteiger partial charge in [0.2, 0.25) is 0 Å². The van der Waals surface area contributed by atoms with E-state index in [9.17, 15) is 19.5 Å². The Labute approximate surface area is 617 Å². The Balaban J connectivity index is 0.000000255. The lowest BCUT2D eigenvalue weighted by molar-refractivity contribution is -0.161. The minimum atomic E-state index is -1.91. The van der Waals surface area contributed by atoms with Crippen LogP contribution in [0.4, 0.5) is 0 Å². The van der Waals surface area contributed by atoms with E-state index in [1.54, 1.807) is 0 Å². The molecule has 0 aromatic heterocycles. The number of allylic oxidation sites excluding steroid dienone is 9. The van der Waals surface area contributed by atoms with Crippen LogP contribution in [0, 0.1) is 71.0 Å². The topological polar surface area (TPSA) is 145 Å². The average Bonchev–Trinajstić information content (AvgIpc) is 0.790. The minimum Gasteiger partial charge on any atom is -0.462 e. The van der Waals surface area contributed by atoms with Gasteiger partial charge < -0.3 is 42.1 Å². The fourth-order valence-corrected chi connectivity index (χ4v) is 20.2. The second-order valence-electron chi connectivity index (χ2n) is 36.9. The zero-order valence-corrected chi connectivity index (χ0v) is 73.3. The number of fused-ring (bicyclic) bond motifs is 3. The molecule has 9 aliphatic rings. The number of ether oxygens (including phenoxy) is 5. The number of hydrogen-bond acceptors (Lipinski definition) is 12. The summed E-state index contributed by atoms with van der Waals surface area (Å²) in [5.74, 6) is 5.19. The maximum absolute atomic E-state index is 12.4. The number of esters is 3. The van der Waals surface area contributed by atoms with Crippen LogP contribution in [0.1, 0.15) is 214 Å². The van der Waals surface area contributed by atoms with Crippen molar-refractivity contribution in [3.8, 4) is 0 Å². The van der Waals surface area contributed by atoms with Gasteiger partial charge in [0.1, 0.15) is 25.0 Å². The zero-order chi connectivity index (χ0) is 74.7. The molecule has 3 aliphatic heterocycles. The number of aliphatic hydroxyl groups excluding tert-OH is 1. The molecular weight excluding hydrogens is 1370 g/mol. The van der Waals surface area contributed by atoms with E-state index in [-0.39, 0.29) is 93.9 Å². The highest BCUT2D eigenvalue weighted by Crippen LogP contribution is 2.50. The standard InChI is InChI=1S/2C26H44O4Si.C25H42O4Si.C3H9BrSi.C2H6/c2*1-17-13-19-10-9-18(2)22(25(19)23(14-17)28-6)12-11-20-15-21(16-24(27)29-20)30-31(7,8)26(3,4)5;1-16-12-18-9-8-17(2)21(24(18)22(26)13-16)11-10-19-14-20(15-23(27)28-19)29-30(6,7)25(3,4)5;1-5(2,3)4;1-2/h2*9-10,13,17-18,20-23,25H,11-12,14-16H2,1-8H3;8-9,12,16-17,19-22,24,26H,10-11,13-15H2,1-7H3;1-3H3;1-2H3/t2*17-,18-,20+,21+,22-,23-,25-;16-,17-,19+,20+,21-,22-,24-;;/m000../s1. The van der Waals surface area contributed by atoms with Gasteiger partial charge in [-0.25, -0.2) is 0 Å². The first-order valence-corrected chi connectivity index (χ1v) is 53.4. The summed E-state index contributed by atoms with van der Waals surface area (Å²) >= 11 is 3.51. The molecule has 0 unspecified atom stereocenters. The summed E-state index contributed by atoms with van der Waals surface area (Å²) in [5.41, 5.74) is 4.17. The summed E-state index contributed by atoms with van der Waals surface area (Å²) in [7, 11) is -2.01. The van der Waals surface area contributed by atoms with Crippen LogP contribution < -0.4 is 0 Å². The van der Waals surface area contributed by atoms with Gasteiger partial charge in [-0.15, -0.1) is 15.3 Å². The van der Waals surface area contributed by atoms with E-state index >= 15 is 0 Å². The third-order valence-electron chi connectivity index (χ3n) is 24.3. The molecule has 3 fully saturated rings. The van der Waals surface area contributed by atoms with Gasteiger partial charge in [0.15, 0.2) is 25.0 Å². The smallest absolute Gasteiger partial charge is 0.308 e. The molecule has 3 saturated heterocycles. The van der Waals surface area contributed by atoms with E-state index < -0.39 is 31.6 Å². The van der Waals surface area contributed by atoms with E-state index in [1.807, 2.05) is 28.1 Å². The van der Waals surface area contributed by atoms with Crippen LogP contribution in [-0.2, 0) is 51.3 Å². The molecule has 568 valence electrons. The monoisotopic (exact) mass is 1510 g/mol. The maximum Gasteiger partial charge on any atom is 0.308 e. The van der Waals surface area contributed by atoms with Gasteiger partial charge in [0.25, 0.3) is 0 Å². The Bertz CT molecular complexity index is 2650. The van der Waals surface area contributed by atoms with E-state index in [1.165, 1.54) is 16.7 Å². The summed E-state index contributed by atoms with van der Waals surface area (Å²) in [5, 5.41) is 11.2. The molecule has 0 aromatic rings. The van der Waals surface area contributed by atoms with Crippen molar-refractivity contribution in [3.05, 3.63) is 71.4 Å². The summed E-state index contributed by atoms with van der Waals surface area (Å²) in [6.07, 6.45) is 33.4. The largest absolute Gasteiger partial charge is 0.462 e. The Morgan fingerprint density at radius 2 is 0.687 bits per heavy atom. The lowest BCUT2D eigenvalue weighted by Gasteiger charge is -2.44. The van der Waals surface area contributed by atoms with Crippen molar-refractivity contribution in [1.29, 1.82) is 0 Å². The molecule has 12 nitrogen and oxygen atoms in total. The second-order valence-corrected chi connectivity index (χ2v) is 62.5. The number of methoxy groups -OCH3 is 2. The Kier molecular flexibility index (Phi) is 32.7. The van der Waals surface area contributed by atoms with Gasteiger partial charge in [0, 0.05) is 51.2 Å². The maximum atomic E-state index is 12.4. The van der Waals surface area contributed by atoms with Crippen LogP contribution in [-0.4, -0.2) is 124 Å². The lowest BCUT2D eigenvalue weighted by atomic mass is 9.65. The van der Waals surface area contributed by atoms with Crippen LogP contribution in [0.15, 0.2) is 71.4 Å². The zero-order valence-electron chi connectivity index (χ0n) is 67.7. The number of halogens is 1. The Morgan fingerprint density at radius 3 is 0.949 bits per heavy atom. The fraction of sp³-hybridized carbons (Fsp3) is 0.817. The fourth-order valence-electron chi connectivity index (χ4n) is 16.1. The summed E-state index contributed by atoms with van der Waals surface area (Å²) < 4.78 is 48.9. The summed E-state index contributed by atoms with van der Waals surface area (Å²) in [6.45, 7) is 57.3. The molecule has 6 aliphatic carbocycles. The SMILES string of the molecule is CC.CO[C@H]1C[C@@H](C)C=C2C=C[C@H](C)[C@H](CC[C@@H]3C[C@@H](O[Si](C)(C)C(C)(C)C)CC(=O)O3)[C@H]21.CO[C@H]1C[C@@H](C)C=C2C=C[C@H](C)[C@H](CC[C@@H]3C[C@@H](O[Si](C)(C)C(C)(C)C)CC(=O)O3)[C@H]21.C[C@H]1C=C2C=C[C@H](C)[C@H](CC[C@@H]3C[C@@H](O[Si](C)(C)C(C)(C)C)CC(=O)O3)[C@H]2[C@@H](O)C1.C[Si](C)(C)Br. The molecule has 0 radical (unpaired) electrons. The molecule has 21 atom stereocenters. The van der Waals surface area contributed by atoms with E-state index in [0.29, 0.717) is 84.4 Å². The van der Waals surface area contributed by atoms with E-state index in [0.717, 1.165) is 77.0 Å². The first-order valence-electron chi connectivity index (χ1n) is 38.9. The van der Waals surface area contributed by atoms with Crippen LogP contribution in [0.5, 0.6) is 0 Å². The number of cyclic esters (lactones) is 3. The predicted octanol–water partition coefficient (Wildman–Crippen LogP) is 21.4. The van der Waals surface area contributed by atoms with Crippen molar-refractivity contribution in [3.63, 3.8) is 0 Å². The molecular formula is C82H145BrO12Si4. The van der Waals surface area contributed by atoms with Gasteiger partial charge in [-0.05, 0) is 182 Å². The molecule has 99 heavy (non-hydrogen) atoms. The highest BCUT2D eigenvalue weighted by Gasteiger charge is 2.48. The summed E-state index contributed by atoms with van der Waals surface area (Å²) in [4.78, 5) is 37.0. The minimum absolute atomic E-state index is 0.00599. The van der Waals surface area contributed by atoms with Crippen LogP contribution in [0.2, 0.25) is 74.0 Å². The van der Waals surface area contributed by atoms with E-state index in [2.05, 4.69) is 233 Å². The van der Waals surface area contributed by atoms with Gasteiger partial charge in [-0.3, -0.25) is 14.4 Å². The number of hydrogen-bond donors (Lipinski definition) is 1. The van der Waals surface area contributed by atoms with Crippen LogP contribution >= 0.6 is 15.3 Å². The molecule has 17 heteroatoms. The third-order valence-corrected chi connectivity index (χ3v) is 37.9. The number of rotatable bonds is 17. The Hall–Kier alpha value is -2.04. The lowest BCUT2D eigenvalue weighted by Crippen LogP contribution is -2.47. The van der Waals surface area contributed by atoms with E-state index in [4.69, 9.17) is 37.0 Å². The van der Waals surface area contributed by atoms with Gasteiger partial charge in [-0.1, -0.05) is 192 Å². The van der Waals surface area contributed by atoms with Gasteiger partial charge in [-0.2, -0.15) is 0 Å². The first kappa shape index (κ1) is 87.6. The molecule has 3 heterocycles. The molecule has 1 N–H and O–H groups in total. The molecule has 0 saturated carbocycles.